The van der Waals surface area contributed by atoms with Gasteiger partial charge in [-0.1, -0.05) is 25.2 Å². The average molecular weight is 375 g/mol. The van der Waals surface area contributed by atoms with E-state index < -0.39 is 0 Å². The third kappa shape index (κ3) is 3.64. The molecule has 1 amide bonds. The minimum Gasteiger partial charge on any atom is -0.300 e. The highest BCUT2D eigenvalue weighted by atomic mass is 32.1. The minimum absolute atomic E-state index is 0.146. The Hall–Kier alpha value is -2.62. The smallest absolute Gasteiger partial charge is 0.264 e. The van der Waals surface area contributed by atoms with Gasteiger partial charge in [-0.05, 0) is 12.8 Å². The summed E-state index contributed by atoms with van der Waals surface area (Å²) in [6.07, 6.45) is 5.06. The number of nitrogens with zero attached hydrogens (tertiary/aromatic N) is 6. The highest BCUT2D eigenvalue weighted by Gasteiger charge is 2.15. The predicted molar refractivity (Wildman–Crippen MR) is 99.2 cm³/mol. The summed E-state index contributed by atoms with van der Waals surface area (Å²) in [5.74, 6) is 0.157. The second-order valence-corrected chi connectivity index (χ2v) is 7.01. The lowest BCUT2D eigenvalue weighted by atomic mass is 10.1. The van der Waals surface area contributed by atoms with E-state index >= 15 is 0 Å². The van der Waals surface area contributed by atoms with Gasteiger partial charge in [-0.2, -0.15) is 5.10 Å². The van der Waals surface area contributed by atoms with Crippen LogP contribution in [0.2, 0.25) is 0 Å². The summed E-state index contributed by atoms with van der Waals surface area (Å²) in [6.45, 7) is 4.46. The molecule has 3 rings (SSSR count). The van der Waals surface area contributed by atoms with Crippen LogP contribution in [0.5, 0.6) is 0 Å². The van der Waals surface area contributed by atoms with Crippen molar-refractivity contribution in [2.24, 2.45) is 7.05 Å². The second kappa shape index (κ2) is 7.73. The molecule has 3 aromatic heterocycles. The maximum Gasteiger partial charge on any atom is 0.264 e. The summed E-state index contributed by atoms with van der Waals surface area (Å²) in [5.41, 5.74) is 0.321. The van der Waals surface area contributed by atoms with Crippen LogP contribution in [0.1, 0.15) is 44.0 Å². The molecule has 3 aromatic rings. The lowest BCUT2D eigenvalue weighted by molar-refractivity contribution is -0.116. The Morgan fingerprint density at radius 1 is 1.31 bits per heavy atom. The van der Waals surface area contributed by atoms with Crippen LogP contribution in [-0.2, 0) is 18.4 Å². The molecule has 1 N–H and O–H groups in total. The van der Waals surface area contributed by atoms with Crippen molar-refractivity contribution >= 4 is 33.4 Å². The third-order valence-corrected chi connectivity index (χ3v) is 5.32. The quantitative estimate of drug-likeness (QED) is 0.676. The molecule has 0 aromatic carbocycles. The van der Waals surface area contributed by atoms with Crippen LogP contribution >= 0.6 is 11.3 Å². The fourth-order valence-corrected chi connectivity index (χ4v) is 3.74. The number of hydrogen-bond acceptors (Lipinski definition) is 7. The fraction of sp³-hybridized carbons (Fsp3) is 0.500. The molecule has 138 valence electrons. The molecule has 0 atom stereocenters. The maximum absolute atomic E-state index is 12.4. The van der Waals surface area contributed by atoms with E-state index in [4.69, 9.17) is 0 Å². The SMILES string of the molecule is CCC(CC)c1nnc(NC(=O)CCn2cnc3c(cnn3C)c2=O)s1. The van der Waals surface area contributed by atoms with Gasteiger partial charge in [0.1, 0.15) is 10.4 Å². The van der Waals surface area contributed by atoms with Crippen LogP contribution in [0.3, 0.4) is 0 Å². The van der Waals surface area contributed by atoms with Gasteiger partial charge in [0.05, 0.1) is 12.5 Å². The molecule has 0 saturated heterocycles. The number of nitrogens with one attached hydrogen (secondary N) is 1. The van der Waals surface area contributed by atoms with Crippen molar-refractivity contribution in [3.63, 3.8) is 0 Å². The number of carbonyl (C=O) groups excluding carboxylic acids is 1. The van der Waals surface area contributed by atoms with Crippen LogP contribution in [0, 0.1) is 0 Å². The largest absolute Gasteiger partial charge is 0.300 e. The zero-order valence-corrected chi connectivity index (χ0v) is 15.8. The van der Waals surface area contributed by atoms with Crippen molar-refractivity contribution < 1.29 is 4.79 Å². The molecule has 0 bridgehead atoms. The highest BCUT2D eigenvalue weighted by molar-refractivity contribution is 7.15. The Bertz CT molecular complexity index is 971. The molecule has 0 fully saturated rings. The van der Waals surface area contributed by atoms with Gasteiger partial charge >= 0.3 is 0 Å². The summed E-state index contributed by atoms with van der Waals surface area (Å²) >= 11 is 1.40. The Labute approximate surface area is 154 Å². The summed E-state index contributed by atoms with van der Waals surface area (Å²) in [5, 5.41) is 16.8. The number of aromatic nitrogens is 6. The van der Waals surface area contributed by atoms with Crippen molar-refractivity contribution in [3.05, 3.63) is 27.9 Å². The molecule has 0 aliphatic carbocycles. The van der Waals surface area contributed by atoms with Crippen LogP contribution in [0.4, 0.5) is 5.13 Å². The topological polar surface area (TPSA) is 108 Å². The van der Waals surface area contributed by atoms with Crippen molar-refractivity contribution in [1.29, 1.82) is 0 Å². The normalized spacial score (nSPS) is 11.4. The molecular formula is C16H21N7O2S. The van der Waals surface area contributed by atoms with Crippen LogP contribution < -0.4 is 10.9 Å². The van der Waals surface area contributed by atoms with Crippen LogP contribution in [0.25, 0.3) is 11.0 Å². The van der Waals surface area contributed by atoms with Gasteiger partial charge in [-0.25, -0.2) is 4.98 Å². The van der Waals surface area contributed by atoms with Crippen molar-refractivity contribution in [3.8, 4) is 0 Å². The standard InChI is InChI=1S/C16H21N7O2S/c1-4-10(5-2)14-20-21-16(26-14)19-12(24)6-7-23-9-17-13-11(15(23)25)8-18-22(13)3/h8-10H,4-7H2,1-3H3,(H,19,21,24). The number of fused-ring (bicyclic) bond motifs is 1. The second-order valence-electron chi connectivity index (χ2n) is 6.01. The maximum atomic E-state index is 12.4. The molecular weight excluding hydrogens is 354 g/mol. The molecule has 26 heavy (non-hydrogen) atoms. The average Bonchev–Trinajstić information content (AvgIpc) is 3.23. The number of anilines is 1. The fourth-order valence-electron chi connectivity index (χ4n) is 2.72. The lowest BCUT2D eigenvalue weighted by Gasteiger charge is -2.06. The van der Waals surface area contributed by atoms with E-state index in [2.05, 4.69) is 39.4 Å². The van der Waals surface area contributed by atoms with Crippen LogP contribution in [-0.4, -0.2) is 35.4 Å². The lowest BCUT2D eigenvalue weighted by Crippen LogP contribution is -2.23. The van der Waals surface area contributed by atoms with Crippen molar-refractivity contribution in [1.82, 2.24) is 29.5 Å². The van der Waals surface area contributed by atoms with Gasteiger partial charge in [-0.3, -0.25) is 18.8 Å². The van der Waals surface area contributed by atoms with E-state index in [0.717, 1.165) is 17.8 Å². The van der Waals surface area contributed by atoms with Gasteiger partial charge in [0.2, 0.25) is 11.0 Å². The summed E-state index contributed by atoms with van der Waals surface area (Å²) in [7, 11) is 1.73. The number of amides is 1. The summed E-state index contributed by atoms with van der Waals surface area (Å²) in [4.78, 5) is 28.7. The van der Waals surface area contributed by atoms with Crippen molar-refractivity contribution in [2.75, 3.05) is 5.32 Å². The molecule has 9 nitrogen and oxygen atoms in total. The van der Waals surface area contributed by atoms with Crippen LogP contribution in [0.15, 0.2) is 17.3 Å². The Kier molecular flexibility index (Phi) is 5.40. The third-order valence-electron chi connectivity index (χ3n) is 4.32. The zero-order valence-electron chi connectivity index (χ0n) is 15.0. The van der Waals surface area contributed by atoms with E-state index in [0.29, 0.717) is 22.1 Å². The van der Waals surface area contributed by atoms with Gasteiger partial charge in [0, 0.05) is 25.9 Å². The van der Waals surface area contributed by atoms with Gasteiger partial charge < -0.3 is 5.32 Å². The molecule has 0 saturated carbocycles. The number of hydrogen-bond donors (Lipinski definition) is 1. The first-order valence-corrected chi connectivity index (χ1v) is 9.35. The van der Waals surface area contributed by atoms with Gasteiger partial charge in [0.25, 0.3) is 5.56 Å². The first-order valence-electron chi connectivity index (χ1n) is 8.53. The molecule has 10 heteroatoms. The number of aryl methyl sites for hydroxylation is 2. The highest BCUT2D eigenvalue weighted by Crippen LogP contribution is 2.28. The van der Waals surface area contributed by atoms with Crippen molar-refractivity contribution in [2.45, 2.75) is 45.6 Å². The van der Waals surface area contributed by atoms with E-state index in [1.165, 1.54) is 28.4 Å². The monoisotopic (exact) mass is 375 g/mol. The zero-order chi connectivity index (χ0) is 18.7. The van der Waals surface area contributed by atoms with E-state index in [1.54, 1.807) is 11.7 Å². The summed E-state index contributed by atoms with van der Waals surface area (Å²) in [6, 6.07) is 0. The predicted octanol–water partition coefficient (Wildman–Crippen LogP) is 1.91. The first-order chi connectivity index (χ1) is 12.5. The number of carbonyl (C=O) groups is 1. The van der Waals surface area contributed by atoms with E-state index in [-0.39, 0.29) is 24.4 Å². The van der Waals surface area contributed by atoms with E-state index in [9.17, 15) is 9.59 Å². The molecule has 0 unspecified atom stereocenters. The Morgan fingerprint density at radius 2 is 2.08 bits per heavy atom. The number of rotatable bonds is 7. The van der Waals surface area contributed by atoms with Gasteiger partial charge in [0.15, 0.2) is 5.65 Å². The first kappa shape index (κ1) is 18.2. The summed E-state index contributed by atoms with van der Waals surface area (Å²) < 4.78 is 2.96. The Morgan fingerprint density at radius 3 is 2.81 bits per heavy atom. The molecule has 3 heterocycles. The van der Waals surface area contributed by atoms with Gasteiger partial charge in [-0.15, -0.1) is 10.2 Å². The van der Waals surface area contributed by atoms with E-state index in [1.807, 2.05) is 0 Å². The molecule has 0 aliphatic heterocycles. The Balaban J connectivity index is 1.63. The molecule has 0 aliphatic rings. The minimum atomic E-state index is -0.213. The molecule has 0 spiro atoms. The molecule has 0 radical (unpaired) electrons.